The second-order valence-corrected chi connectivity index (χ2v) is 4.52. The van der Waals surface area contributed by atoms with Crippen LogP contribution in [-0.4, -0.2) is 16.1 Å². The molecule has 4 nitrogen and oxygen atoms in total. The van der Waals surface area contributed by atoms with E-state index in [4.69, 9.17) is 20.8 Å². The van der Waals surface area contributed by atoms with Gasteiger partial charge in [0, 0.05) is 12.3 Å². The summed E-state index contributed by atoms with van der Waals surface area (Å²) in [6, 6.07) is 6.05. The highest BCUT2D eigenvalue weighted by molar-refractivity contribution is 6.17. The van der Waals surface area contributed by atoms with E-state index in [1.54, 1.807) is 0 Å². The molecule has 0 amide bonds. The molecule has 1 heterocycles. The predicted molar refractivity (Wildman–Crippen MR) is 69.0 cm³/mol. The van der Waals surface area contributed by atoms with Crippen LogP contribution in [0.2, 0.25) is 0 Å². The van der Waals surface area contributed by atoms with Gasteiger partial charge in [0.1, 0.15) is 5.75 Å². The van der Waals surface area contributed by atoms with Gasteiger partial charge in [-0.25, -0.2) is 0 Å². The first kappa shape index (κ1) is 12.9. The van der Waals surface area contributed by atoms with Gasteiger partial charge in [0.25, 0.3) is 5.89 Å². The Bertz CT molecular complexity index is 505. The van der Waals surface area contributed by atoms with Crippen molar-refractivity contribution in [3.8, 4) is 5.75 Å². The number of hydrogen-bond acceptors (Lipinski definition) is 4. The molecule has 2 rings (SSSR count). The molecule has 0 saturated carbocycles. The SMILES string of the molecule is Cc1cc(C)cc(OCc2nnc(CCCl)o2)c1. The lowest BCUT2D eigenvalue weighted by atomic mass is 10.1. The summed E-state index contributed by atoms with van der Waals surface area (Å²) >= 11 is 5.59. The van der Waals surface area contributed by atoms with Crippen molar-refractivity contribution in [2.24, 2.45) is 0 Å². The first-order valence-corrected chi connectivity index (χ1v) is 6.29. The van der Waals surface area contributed by atoms with E-state index in [1.807, 2.05) is 26.0 Å². The average Bonchev–Trinajstić information content (AvgIpc) is 2.74. The second kappa shape index (κ2) is 5.87. The third kappa shape index (κ3) is 3.47. The normalized spacial score (nSPS) is 10.6. The smallest absolute Gasteiger partial charge is 0.253 e. The largest absolute Gasteiger partial charge is 0.484 e. The minimum Gasteiger partial charge on any atom is -0.484 e. The number of nitrogens with zero attached hydrogens (tertiary/aromatic N) is 2. The van der Waals surface area contributed by atoms with Crippen molar-refractivity contribution in [3.05, 3.63) is 41.1 Å². The molecule has 0 bridgehead atoms. The molecule has 18 heavy (non-hydrogen) atoms. The van der Waals surface area contributed by atoms with Crippen molar-refractivity contribution < 1.29 is 9.15 Å². The summed E-state index contributed by atoms with van der Waals surface area (Å²) in [6.45, 7) is 4.34. The van der Waals surface area contributed by atoms with Crippen LogP contribution in [0.15, 0.2) is 22.6 Å². The Kier molecular flexibility index (Phi) is 4.20. The van der Waals surface area contributed by atoms with Gasteiger partial charge in [-0.05, 0) is 37.1 Å². The third-order valence-corrected chi connectivity index (χ3v) is 2.56. The van der Waals surface area contributed by atoms with Gasteiger partial charge in [-0.1, -0.05) is 6.07 Å². The highest BCUT2D eigenvalue weighted by Crippen LogP contribution is 2.17. The molecule has 0 radical (unpaired) electrons. The van der Waals surface area contributed by atoms with Gasteiger partial charge in [-0.3, -0.25) is 0 Å². The summed E-state index contributed by atoms with van der Waals surface area (Å²) < 4.78 is 11.0. The molecule has 0 spiro atoms. The molecule has 0 aliphatic rings. The van der Waals surface area contributed by atoms with Gasteiger partial charge in [0.2, 0.25) is 5.89 Å². The number of aryl methyl sites for hydroxylation is 3. The number of ether oxygens (including phenoxy) is 1. The first-order chi connectivity index (χ1) is 8.67. The molecular weight excluding hydrogens is 252 g/mol. The Morgan fingerprint density at radius 3 is 2.44 bits per heavy atom. The molecular formula is C13H15ClN2O2. The molecule has 1 aromatic carbocycles. The van der Waals surface area contributed by atoms with Crippen molar-refractivity contribution in [2.45, 2.75) is 26.9 Å². The number of benzene rings is 1. The lowest BCUT2D eigenvalue weighted by Crippen LogP contribution is -1.96. The molecule has 0 N–H and O–H groups in total. The van der Waals surface area contributed by atoms with Gasteiger partial charge in [-0.2, -0.15) is 0 Å². The van der Waals surface area contributed by atoms with E-state index >= 15 is 0 Å². The quantitative estimate of drug-likeness (QED) is 0.781. The summed E-state index contributed by atoms with van der Waals surface area (Å²) in [5.41, 5.74) is 2.33. The summed E-state index contributed by atoms with van der Waals surface area (Å²) in [4.78, 5) is 0. The molecule has 1 aromatic heterocycles. The van der Waals surface area contributed by atoms with Crippen LogP contribution in [-0.2, 0) is 13.0 Å². The third-order valence-electron chi connectivity index (χ3n) is 2.37. The number of alkyl halides is 1. The number of hydrogen-bond donors (Lipinski definition) is 0. The van der Waals surface area contributed by atoms with Gasteiger partial charge >= 0.3 is 0 Å². The zero-order chi connectivity index (χ0) is 13.0. The van der Waals surface area contributed by atoms with E-state index in [1.165, 1.54) is 11.1 Å². The van der Waals surface area contributed by atoms with Crippen LogP contribution in [0.4, 0.5) is 0 Å². The predicted octanol–water partition coefficient (Wildman–Crippen LogP) is 3.05. The van der Waals surface area contributed by atoms with Crippen LogP contribution in [0.25, 0.3) is 0 Å². The van der Waals surface area contributed by atoms with Crippen molar-refractivity contribution in [3.63, 3.8) is 0 Å². The molecule has 0 unspecified atom stereocenters. The zero-order valence-corrected chi connectivity index (χ0v) is 11.2. The van der Waals surface area contributed by atoms with Crippen LogP contribution < -0.4 is 4.74 Å². The monoisotopic (exact) mass is 266 g/mol. The van der Waals surface area contributed by atoms with Crippen LogP contribution >= 0.6 is 11.6 Å². The van der Waals surface area contributed by atoms with E-state index < -0.39 is 0 Å². The van der Waals surface area contributed by atoms with Crippen LogP contribution in [0.3, 0.4) is 0 Å². The Morgan fingerprint density at radius 2 is 1.78 bits per heavy atom. The maximum atomic E-state index is 5.62. The number of aromatic nitrogens is 2. The van der Waals surface area contributed by atoms with Gasteiger partial charge in [-0.15, -0.1) is 21.8 Å². The highest BCUT2D eigenvalue weighted by atomic mass is 35.5. The standard InChI is InChI=1S/C13H15ClN2O2/c1-9-5-10(2)7-11(6-9)17-8-13-16-15-12(18-13)3-4-14/h5-7H,3-4,8H2,1-2H3. The summed E-state index contributed by atoms with van der Waals surface area (Å²) in [6.07, 6.45) is 0.581. The fraction of sp³-hybridized carbons (Fsp3) is 0.385. The lowest BCUT2D eigenvalue weighted by Gasteiger charge is -2.05. The van der Waals surface area contributed by atoms with E-state index in [9.17, 15) is 0 Å². The topological polar surface area (TPSA) is 48.2 Å². The maximum Gasteiger partial charge on any atom is 0.253 e. The Hall–Kier alpha value is -1.55. The molecule has 0 saturated heterocycles. The van der Waals surface area contributed by atoms with E-state index in [2.05, 4.69) is 16.3 Å². The number of halogens is 1. The Morgan fingerprint density at radius 1 is 1.11 bits per heavy atom. The molecule has 2 aromatic rings. The Labute approximate surface area is 111 Å². The van der Waals surface area contributed by atoms with E-state index in [-0.39, 0.29) is 6.61 Å². The Balaban J connectivity index is 1.97. The van der Waals surface area contributed by atoms with Crippen LogP contribution in [0.1, 0.15) is 22.9 Å². The molecule has 0 aliphatic heterocycles. The van der Waals surface area contributed by atoms with E-state index in [0.29, 0.717) is 24.1 Å². The lowest BCUT2D eigenvalue weighted by molar-refractivity contribution is 0.259. The van der Waals surface area contributed by atoms with Gasteiger partial charge in [0.05, 0.1) is 0 Å². The highest BCUT2D eigenvalue weighted by Gasteiger charge is 2.06. The fourth-order valence-electron chi connectivity index (χ4n) is 1.69. The minimum absolute atomic E-state index is 0.276. The molecule has 5 heteroatoms. The van der Waals surface area contributed by atoms with Crippen molar-refractivity contribution in [1.82, 2.24) is 10.2 Å². The first-order valence-electron chi connectivity index (χ1n) is 5.75. The van der Waals surface area contributed by atoms with Crippen molar-refractivity contribution >= 4 is 11.6 Å². The maximum absolute atomic E-state index is 5.62. The minimum atomic E-state index is 0.276. The molecule has 96 valence electrons. The van der Waals surface area contributed by atoms with Crippen molar-refractivity contribution in [2.75, 3.05) is 5.88 Å². The van der Waals surface area contributed by atoms with Gasteiger partial charge < -0.3 is 9.15 Å². The average molecular weight is 267 g/mol. The second-order valence-electron chi connectivity index (χ2n) is 4.14. The van der Waals surface area contributed by atoms with Crippen LogP contribution in [0.5, 0.6) is 5.75 Å². The number of rotatable bonds is 5. The summed E-state index contributed by atoms with van der Waals surface area (Å²) in [7, 11) is 0. The zero-order valence-electron chi connectivity index (χ0n) is 10.4. The summed E-state index contributed by atoms with van der Waals surface area (Å²) in [5, 5.41) is 7.77. The molecule has 0 fully saturated rings. The summed E-state index contributed by atoms with van der Waals surface area (Å²) in [5.74, 6) is 2.29. The molecule has 0 aliphatic carbocycles. The van der Waals surface area contributed by atoms with Crippen LogP contribution in [0, 0.1) is 13.8 Å². The van der Waals surface area contributed by atoms with Crippen molar-refractivity contribution in [1.29, 1.82) is 0 Å². The van der Waals surface area contributed by atoms with Gasteiger partial charge in [0.15, 0.2) is 6.61 Å². The molecule has 0 atom stereocenters. The fourth-order valence-corrected chi connectivity index (χ4v) is 1.85. The van der Waals surface area contributed by atoms with E-state index in [0.717, 1.165) is 5.75 Å².